The first-order valence-corrected chi connectivity index (χ1v) is 22.7. The standard InChI is InChI=1S/C61H40N4O/c1-2-14-37(15-3-1)38-26-28-39(29-27-38)59-62-60(52-32-44-20-8-9-21-45(44)46-22-10-11-23-47(46)52)64-61(63-59)53-36-58-51(50-31-41-17-5-7-19-43(41)34-57(50)66-58)35-56(53)65-54-25-13-12-24-48(54)49-30-40-16-4-6-18-42(40)33-55(49)65/h1-36,60-61,64H,(H,62,63). The molecule has 2 atom stereocenters. The minimum atomic E-state index is -0.492. The number of nitrogens with one attached hydrogen (secondary N) is 2. The molecule has 0 amide bonds. The number of rotatable bonds is 5. The van der Waals surface area contributed by atoms with Gasteiger partial charge in [0.05, 0.1) is 16.7 Å². The molecule has 13 aromatic rings. The Kier molecular flexibility index (Phi) is 8.12. The molecule has 2 unspecified atom stereocenters. The summed E-state index contributed by atoms with van der Waals surface area (Å²) in [7, 11) is 0. The fraction of sp³-hybridized carbons (Fsp3) is 0.0328. The largest absolute Gasteiger partial charge is 0.456 e. The molecule has 0 radical (unpaired) electrons. The van der Waals surface area contributed by atoms with Crippen LogP contribution in [0.15, 0.2) is 228 Å². The molecule has 14 rings (SSSR count). The number of nitrogens with zero attached hydrogens (tertiary/aromatic N) is 2. The summed E-state index contributed by atoms with van der Waals surface area (Å²) in [6, 6.07) is 78.8. The van der Waals surface area contributed by atoms with Gasteiger partial charge in [-0.25, -0.2) is 4.99 Å². The third-order valence-electron chi connectivity index (χ3n) is 13.8. The van der Waals surface area contributed by atoms with Crippen molar-refractivity contribution in [3.63, 3.8) is 0 Å². The van der Waals surface area contributed by atoms with E-state index < -0.39 is 6.17 Å². The van der Waals surface area contributed by atoms with Crippen molar-refractivity contribution in [2.75, 3.05) is 0 Å². The SMILES string of the molecule is c1ccc(-c2ccc(C3=NC(c4cc5oc6cc7ccccc7cc6c5cc4-n4c5ccccc5c5cc6ccccc6cc54)NC(c4cc5ccccc5c5ccccc45)N3)cc2)cc1. The van der Waals surface area contributed by atoms with Gasteiger partial charge in [0.2, 0.25) is 0 Å². The maximum absolute atomic E-state index is 6.88. The Bertz CT molecular complexity index is 4130. The Morgan fingerprint density at radius 1 is 0.379 bits per heavy atom. The highest BCUT2D eigenvalue weighted by atomic mass is 16.3. The van der Waals surface area contributed by atoms with Crippen LogP contribution in [0.2, 0.25) is 0 Å². The number of benzene rings is 11. The molecular formula is C61H40N4O. The van der Waals surface area contributed by atoms with E-state index in [0.29, 0.717) is 0 Å². The molecule has 2 aromatic heterocycles. The predicted molar refractivity (Wildman–Crippen MR) is 275 cm³/mol. The molecule has 5 heteroatoms. The van der Waals surface area contributed by atoms with E-state index in [1.165, 1.54) is 54.0 Å². The monoisotopic (exact) mass is 844 g/mol. The smallest absolute Gasteiger partial charge is 0.136 e. The van der Waals surface area contributed by atoms with Crippen LogP contribution in [0.3, 0.4) is 0 Å². The number of furan rings is 1. The van der Waals surface area contributed by atoms with Gasteiger partial charge in [0, 0.05) is 32.7 Å². The molecule has 0 saturated carbocycles. The van der Waals surface area contributed by atoms with Crippen molar-refractivity contribution in [3.8, 4) is 16.8 Å². The van der Waals surface area contributed by atoms with Gasteiger partial charge < -0.3 is 14.3 Å². The number of amidine groups is 1. The number of hydrogen-bond donors (Lipinski definition) is 2. The van der Waals surface area contributed by atoms with Crippen molar-refractivity contribution in [3.05, 3.63) is 235 Å². The molecule has 66 heavy (non-hydrogen) atoms. The Morgan fingerprint density at radius 3 is 1.71 bits per heavy atom. The first-order valence-electron chi connectivity index (χ1n) is 22.7. The summed E-state index contributed by atoms with van der Waals surface area (Å²) >= 11 is 0. The maximum atomic E-state index is 6.88. The van der Waals surface area contributed by atoms with Crippen LogP contribution in [0.5, 0.6) is 0 Å². The highest BCUT2D eigenvalue weighted by Gasteiger charge is 2.31. The summed E-state index contributed by atoms with van der Waals surface area (Å²) in [5, 5.41) is 22.1. The van der Waals surface area contributed by atoms with Crippen molar-refractivity contribution in [1.82, 2.24) is 15.2 Å². The average Bonchev–Trinajstić information content (AvgIpc) is 3.90. The van der Waals surface area contributed by atoms with Gasteiger partial charge in [-0.2, -0.15) is 0 Å². The topological polar surface area (TPSA) is 54.5 Å². The van der Waals surface area contributed by atoms with E-state index >= 15 is 0 Å². The first kappa shape index (κ1) is 36.9. The van der Waals surface area contributed by atoms with Crippen LogP contribution in [0.25, 0.3) is 104 Å². The number of fused-ring (bicyclic) bond motifs is 11. The normalized spacial score (nSPS) is 15.4. The van der Waals surface area contributed by atoms with E-state index in [-0.39, 0.29) is 6.17 Å². The zero-order valence-electron chi connectivity index (χ0n) is 35.7. The van der Waals surface area contributed by atoms with E-state index in [2.05, 4.69) is 234 Å². The molecule has 2 N–H and O–H groups in total. The number of para-hydroxylation sites is 1. The quantitative estimate of drug-likeness (QED) is 0.170. The van der Waals surface area contributed by atoms with Crippen LogP contribution in [-0.2, 0) is 0 Å². The minimum absolute atomic E-state index is 0.308. The van der Waals surface area contributed by atoms with Crippen LogP contribution in [0.1, 0.15) is 29.0 Å². The lowest BCUT2D eigenvalue weighted by atomic mass is 9.94. The third kappa shape index (κ3) is 5.80. The highest BCUT2D eigenvalue weighted by molar-refractivity contribution is 6.15. The molecule has 0 fully saturated rings. The Hall–Kier alpha value is -8.51. The molecule has 5 nitrogen and oxygen atoms in total. The molecule has 0 saturated heterocycles. The molecule has 0 spiro atoms. The lowest BCUT2D eigenvalue weighted by Crippen LogP contribution is -2.45. The first-order chi connectivity index (χ1) is 32.7. The van der Waals surface area contributed by atoms with Gasteiger partial charge in [-0.3, -0.25) is 5.32 Å². The van der Waals surface area contributed by atoms with Gasteiger partial charge in [-0.05, 0) is 108 Å². The summed E-state index contributed by atoms with van der Waals surface area (Å²) in [6.45, 7) is 0. The van der Waals surface area contributed by atoms with Crippen molar-refractivity contribution in [2.24, 2.45) is 4.99 Å². The summed E-state index contributed by atoms with van der Waals surface area (Å²) in [6.07, 6.45) is -0.800. The predicted octanol–water partition coefficient (Wildman–Crippen LogP) is 15.3. The van der Waals surface area contributed by atoms with E-state index in [1.54, 1.807) is 0 Å². The zero-order valence-corrected chi connectivity index (χ0v) is 35.7. The average molecular weight is 845 g/mol. The molecule has 0 bridgehead atoms. The van der Waals surface area contributed by atoms with Gasteiger partial charge in [0.25, 0.3) is 0 Å². The molecule has 1 aliphatic rings. The van der Waals surface area contributed by atoms with Crippen molar-refractivity contribution in [2.45, 2.75) is 12.3 Å². The van der Waals surface area contributed by atoms with Crippen molar-refractivity contribution >= 4 is 92.7 Å². The highest BCUT2D eigenvalue weighted by Crippen LogP contribution is 2.43. The zero-order chi connectivity index (χ0) is 43.3. The second kappa shape index (κ2) is 14.5. The van der Waals surface area contributed by atoms with Crippen molar-refractivity contribution in [1.29, 1.82) is 0 Å². The summed E-state index contributed by atoms with van der Waals surface area (Å²) in [5.74, 6) is 0.815. The molecule has 1 aliphatic heterocycles. The van der Waals surface area contributed by atoms with Gasteiger partial charge in [0.1, 0.15) is 29.3 Å². The maximum Gasteiger partial charge on any atom is 0.136 e. The molecule has 11 aromatic carbocycles. The van der Waals surface area contributed by atoms with E-state index in [1.807, 2.05) is 0 Å². The summed E-state index contributed by atoms with van der Waals surface area (Å²) in [4.78, 5) is 5.67. The number of hydrogen-bond acceptors (Lipinski definition) is 4. The Morgan fingerprint density at radius 2 is 0.939 bits per heavy atom. The third-order valence-corrected chi connectivity index (χ3v) is 13.8. The van der Waals surface area contributed by atoms with E-state index in [9.17, 15) is 0 Å². The van der Waals surface area contributed by atoms with Crippen LogP contribution in [0, 0.1) is 0 Å². The molecule has 3 heterocycles. The Balaban J connectivity index is 1.05. The van der Waals surface area contributed by atoms with Crippen LogP contribution in [0.4, 0.5) is 0 Å². The molecule has 0 aliphatic carbocycles. The fourth-order valence-corrected chi connectivity index (χ4v) is 10.6. The lowest BCUT2D eigenvalue weighted by Gasteiger charge is -2.34. The Labute approximate surface area is 379 Å². The lowest BCUT2D eigenvalue weighted by molar-refractivity contribution is 0.410. The van der Waals surface area contributed by atoms with E-state index in [4.69, 9.17) is 9.41 Å². The summed E-state index contributed by atoms with van der Waals surface area (Å²) < 4.78 is 9.34. The van der Waals surface area contributed by atoms with Gasteiger partial charge in [-0.1, -0.05) is 170 Å². The van der Waals surface area contributed by atoms with E-state index in [0.717, 1.165) is 72.1 Å². The number of aliphatic imine (C=N–C) groups is 1. The summed E-state index contributed by atoms with van der Waals surface area (Å²) in [5.41, 5.74) is 10.5. The number of aromatic nitrogens is 1. The molecule has 310 valence electrons. The van der Waals surface area contributed by atoms with Crippen LogP contribution >= 0.6 is 0 Å². The van der Waals surface area contributed by atoms with Crippen LogP contribution in [-0.4, -0.2) is 10.4 Å². The van der Waals surface area contributed by atoms with Gasteiger partial charge >= 0.3 is 0 Å². The second-order valence-electron chi connectivity index (χ2n) is 17.6. The van der Waals surface area contributed by atoms with Gasteiger partial charge in [-0.15, -0.1) is 0 Å². The van der Waals surface area contributed by atoms with Crippen LogP contribution < -0.4 is 10.6 Å². The molecular weight excluding hydrogens is 805 g/mol. The fourth-order valence-electron chi connectivity index (χ4n) is 10.6. The van der Waals surface area contributed by atoms with Crippen molar-refractivity contribution < 1.29 is 4.42 Å². The second-order valence-corrected chi connectivity index (χ2v) is 17.6. The van der Waals surface area contributed by atoms with Gasteiger partial charge in [0.15, 0.2) is 0 Å². The minimum Gasteiger partial charge on any atom is -0.456 e.